The molecule has 3 heterocycles. The number of carbonyl (C=O) groups excluding carboxylic acids is 1. The van der Waals surface area contributed by atoms with E-state index in [1.165, 1.54) is 0 Å². The van der Waals surface area contributed by atoms with Gasteiger partial charge in [0.15, 0.2) is 0 Å². The molecule has 1 aromatic carbocycles. The SMILES string of the molecule is CC1=NC2=NC(CCCC(=O)Nc3ccc(Cl)cc3)=NC3=CC=CC(=N1)N32. The Morgan fingerprint density at radius 1 is 1.15 bits per heavy atom. The normalized spacial score (nSPS) is 17.3. The minimum absolute atomic E-state index is 0.0521. The van der Waals surface area contributed by atoms with Gasteiger partial charge in [-0.1, -0.05) is 17.7 Å². The first-order chi connectivity index (χ1) is 13.1. The van der Waals surface area contributed by atoms with E-state index in [0.717, 1.165) is 17.3 Å². The molecular weight excluding hydrogens is 364 g/mol. The number of anilines is 1. The van der Waals surface area contributed by atoms with E-state index in [1.807, 2.05) is 30.1 Å². The summed E-state index contributed by atoms with van der Waals surface area (Å²) >= 11 is 5.85. The molecule has 136 valence electrons. The quantitative estimate of drug-likeness (QED) is 0.843. The number of hydrogen-bond donors (Lipinski definition) is 1. The lowest BCUT2D eigenvalue weighted by molar-refractivity contribution is -0.116. The maximum atomic E-state index is 12.1. The van der Waals surface area contributed by atoms with Crippen LogP contribution in [0.4, 0.5) is 5.69 Å². The predicted molar refractivity (Wildman–Crippen MR) is 108 cm³/mol. The fourth-order valence-corrected chi connectivity index (χ4v) is 3.00. The molecule has 1 aromatic rings. The Hall–Kier alpha value is -3.06. The van der Waals surface area contributed by atoms with E-state index < -0.39 is 0 Å². The zero-order valence-electron chi connectivity index (χ0n) is 14.7. The number of aliphatic imine (C=N–C) groups is 4. The van der Waals surface area contributed by atoms with Gasteiger partial charge < -0.3 is 5.32 Å². The zero-order chi connectivity index (χ0) is 18.8. The summed E-state index contributed by atoms with van der Waals surface area (Å²) in [7, 11) is 0. The molecular formula is C19H17ClN6O. The van der Waals surface area contributed by atoms with Gasteiger partial charge in [0.05, 0.1) is 0 Å². The smallest absolute Gasteiger partial charge is 0.240 e. The van der Waals surface area contributed by atoms with E-state index in [0.29, 0.717) is 41.9 Å². The molecule has 3 aliphatic rings. The third kappa shape index (κ3) is 3.88. The number of nitrogens with zero attached hydrogens (tertiary/aromatic N) is 5. The van der Waals surface area contributed by atoms with Gasteiger partial charge in [-0.3, -0.25) is 4.79 Å². The lowest BCUT2D eigenvalue weighted by atomic mass is 10.2. The van der Waals surface area contributed by atoms with Gasteiger partial charge in [0.25, 0.3) is 0 Å². The molecule has 1 N–H and O–H groups in total. The molecule has 0 atom stereocenters. The van der Waals surface area contributed by atoms with Crippen LogP contribution in [0.5, 0.6) is 0 Å². The molecule has 0 spiro atoms. The highest BCUT2D eigenvalue weighted by Crippen LogP contribution is 2.23. The number of nitrogens with one attached hydrogen (secondary N) is 1. The molecule has 3 aliphatic heterocycles. The van der Waals surface area contributed by atoms with Crippen molar-refractivity contribution in [1.82, 2.24) is 4.90 Å². The molecule has 0 unspecified atom stereocenters. The summed E-state index contributed by atoms with van der Waals surface area (Å²) in [6.07, 6.45) is 7.32. The van der Waals surface area contributed by atoms with E-state index in [4.69, 9.17) is 11.6 Å². The second-order valence-electron chi connectivity index (χ2n) is 6.20. The lowest BCUT2D eigenvalue weighted by Gasteiger charge is -2.30. The highest BCUT2D eigenvalue weighted by atomic mass is 35.5. The standard InChI is InChI=1S/C19H17ClN6O/c1-12-21-16-5-3-6-17-24-15(25-19(22-12)26(16)17)4-2-7-18(27)23-14-10-8-13(20)9-11-14/h3,5-6,8-11H,2,4,7H2,1H3,(H,23,27). The summed E-state index contributed by atoms with van der Waals surface area (Å²) in [6, 6.07) is 7.04. The Kier molecular flexibility index (Phi) is 4.68. The highest BCUT2D eigenvalue weighted by molar-refractivity contribution is 6.30. The van der Waals surface area contributed by atoms with E-state index in [1.54, 1.807) is 24.3 Å². The minimum Gasteiger partial charge on any atom is -0.326 e. The Balaban J connectivity index is 1.37. The summed E-state index contributed by atoms with van der Waals surface area (Å²) in [6.45, 7) is 1.84. The van der Waals surface area contributed by atoms with Crippen LogP contribution in [-0.4, -0.2) is 34.3 Å². The highest BCUT2D eigenvalue weighted by Gasteiger charge is 2.29. The summed E-state index contributed by atoms with van der Waals surface area (Å²) in [4.78, 5) is 31.8. The van der Waals surface area contributed by atoms with Gasteiger partial charge in [-0.15, -0.1) is 0 Å². The number of allylic oxidation sites excluding steroid dienone is 2. The molecule has 1 amide bonds. The number of hydrogen-bond acceptors (Lipinski definition) is 6. The first-order valence-electron chi connectivity index (χ1n) is 8.63. The summed E-state index contributed by atoms with van der Waals surface area (Å²) in [5, 5.41) is 3.49. The van der Waals surface area contributed by atoms with Gasteiger partial charge in [-0.2, -0.15) is 9.98 Å². The largest absolute Gasteiger partial charge is 0.326 e. The average molecular weight is 381 g/mol. The fourth-order valence-electron chi connectivity index (χ4n) is 2.87. The number of carbonyl (C=O) groups is 1. The van der Waals surface area contributed by atoms with Gasteiger partial charge in [0, 0.05) is 23.6 Å². The van der Waals surface area contributed by atoms with Crippen molar-refractivity contribution in [2.24, 2.45) is 20.0 Å². The summed E-state index contributed by atoms with van der Waals surface area (Å²) < 4.78 is 0. The Labute approximate surface area is 161 Å². The van der Waals surface area contributed by atoms with Crippen LogP contribution in [0.3, 0.4) is 0 Å². The molecule has 7 nitrogen and oxygen atoms in total. The zero-order valence-corrected chi connectivity index (χ0v) is 15.4. The Morgan fingerprint density at radius 2 is 1.96 bits per heavy atom. The van der Waals surface area contributed by atoms with Crippen LogP contribution in [0.25, 0.3) is 0 Å². The molecule has 0 saturated carbocycles. The van der Waals surface area contributed by atoms with Crippen LogP contribution in [0.15, 0.2) is 68.3 Å². The maximum absolute atomic E-state index is 12.1. The number of amidine groups is 3. The second-order valence-corrected chi connectivity index (χ2v) is 6.63. The summed E-state index contributed by atoms with van der Waals surface area (Å²) in [5.41, 5.74) is 0.730. The number of rotatable bonds is 5. The molecule has 0 fully saturated rings. The topological polar surface area (TPSA) is 81.8 Å². The van der Waals surface area contributed by atoms with Crippen molar-refractivity contribution in [1.29, 1.82) is 0 Å². The van der Waals surface area contributed by atoms with E-state index >= 15 is 0 Å². The van der Waals surface area contributed by atoms with Gasteiger partial charge in [0.1, 0.15) is 23.3 Å². The van der Waals surface area contributed by atoms with Gasteiger partial charge >= 0.3 is 0 Å². The van der Waals surface area contributed by atoms with Crippen LogP contribution >= 0.6 is 11.6 Å². The summed E-state index contributed by atoms with van der Waals surface area (Å²) in [5.74, 6) is 3.36. The molecule has 0 saturated heterocycles. The second kappa shape index (κ2) is 7.28. The van der Waals surface area contributed by atoms with Crippen molar-refractivity contribution in [2.45, 2.75) is 26.2 Å². The molecule has 0 bridgehead atoms. The van der Waals surface area contributed by atoms with Crippen molar-refractivity contribution in [3.05, 3.63) is 53.3 Å². The predicted octanol–water partition coefficient (Wildman–Crippen LogP) is 3.76. The van der Waals surface area contributed by atoms with E-state index in [2.05, 4.69) is 25.3 Å². The number of guanidine groups is 1. The van der Waals surface area contributed by atoms with E-state index in [-0.39, 0.29) is 5.91 Å². The molecule has 4 rings (SSSR count). The Bertz CT molecular complexity index is 968. The third-order valence-electron chi connectivity index (χ3n) is 4.09. The van der Waals surface area contributed by atoms with E-state index in [9.17, 15) is 4.79 Å². The minimum atomic E-state index is -0.0521. The number of halogens is 1. The first-order valence-corrected chi connectivity index (χ1v) is 9.00. The van der Waals surface area contributed by atoms with Crippen LogP contribution in [0, 0.1) is 0 Å². The lowest BCUT2D eigenvalue weighted by Crippen LogP contribution is -2.41. The van der Waals surface area contributed by atoms with Crippen LogP contribution < -0.4 is 5.32 Å². The van der Waals surface area contributed by atoms with Crippen molar-refractivity contribution in [2.75, 3.05) is 5.32 Å². The van der Waals surface area contributed by atoms with Crippen molar-refractivity contribution in [3.63, 3.8) is 0 Å². The van der Waals surface area contributed by atoms with Crippen molar-refractivity contribution < 1.29 is 4.79 Å². The monoisotopic (exact) mass is 380 g/mol. The average Bonchev–Trinajstić information content (AvgIpc) is 2.63. The van der Waals surface area contributed by atoms with Gasteiger partial charge in [0.2, 0.25) is 11.9 Å². The van der Waals surface area contributed by atoms with Crippen LogP contribution in [-0.2, 0) is 4.79 Å². The third-order valence-corrected chi connectivity index (χ3v) is 4.34. The van der Waals surface area contributed by atoms with Crippen LogP contribution in [0.1, 0.15) is 26.2 Å². The van der Waals surface area contributed by atoms with Crippen LogP contribution in [0.2, 0.25) is 5.02 Å². The number of amides is 1. The van der Waals surface area contributed by atoms with Gasteiger partial charge in [-0.05, 0) is 49.8 Å². The van der Waals surface area contributed by atoms with Crippen molar-refractivity contribution >= 4 is 46.7 Å². The molecule has 0 aromatic heterocycles. The maximum Gasteiger partial charge on any atom is 0.240 e. The molecule has 27 heavy (non-hydrogen) atoms. The molecule has 0 radical (unpaired) electrons. The molecule has 8 heteroatoms. The molecule has 0 aliphatic carbocycles. The van der Waals surface area contributed by atoms with Gasteiger partial charge in [-0.25, -0.2) is 14.9 Å². The van der Waals surface area contributed by atoms with Crippen molar-refractivity contribution in [3.8, 4) is 0 Å². The first kappa shape index (κ1) is 17.4. The Morgan fingerprint density at radius 3 is 2.78 bits per heavy atom. The number of benzene rings is 1. The fraction of sp³-hybridized carbons (Fsp3) is 0.211.